The molecule has 22 heavy (non-hydrogen) atoms. The maximum absolute atomic E-state index is 12.0. The van der Waals surface area contributed by atoms with Crippen LogP contribution in [0, 0.1) is 0 Å². The summed E-state index contributed by atoms with van der Waals surface area (Å²) in [5.41, 5.74) is 1.66. The summed E-state index contributed by atoms with van der Waals surface area (Å²) in [5, 5.41) is 0.517. The van der Waals surface area contributed by atoms with Gasteiger partial charge in [0.1, 0.15) is 12.4 Å². The molecule has 112 valence electrons. The van der Waals surface area contributed by atoms with E-state index in [2.05, 4.69) is 0 Å². The minimum absolute atomic E-state index is 0.115. The summed E-state index contributed by atoms with van der Waals surface area (Å²) in [6, 6.07) is 15.1. The lowest BCUT2D eigenvalue weighted by Gasteiger charge is -2.10. The Morgan fingerprint density at radius 1 is 1.09 bits per heavy atom. The Morgan fingerprint density at radius 2 is 1.86 bits per heavy atom. The molecule has 0 aliphatic carbocycles. The Morgan fingerprint density at radius 3 is 2.55 bits per heavy atom. The molecular formula is C17H15ClN2O2. The van der Waals surface area contributed by atoms with Crippen LogP contribution in [0.4, 0.5) is 0 Å². The van der Waals surface area contributed by atoms with E-state index in [0.29, 0.717) is 17.4 Å². The topological polar surface area (TPSA) is 36.2 Å². The Balaban J connectivity index is 1.87. The van der Waals surface area contributed by atoms with Gasteiger partial charge in [0, 0.05) is 25.5 Å². The summed E-state index contributed by atoms with van der Waals surface area (Å²) >= 11 is 6.18. The molecule has 0 aliphatic heterocycles. The van der Waals surface area contributed by atoms with Gasteiger partial charge >= 0.3 is 5.69 Å². The number of nitrogens with zero attached hydrogens (tertiary/aromatic N) is 2. The zero-order chi connectivity index (χ0) is 15.5. The van der Waals surface area contributed by atoms with Crippen LogP contribution < -0.4 is 10.4 Å². The number of rotatable bonds is 4. The average Bonchev–Trinajstić information content (AvgIpc) is 2.87. The number of aryl methyl sites for hydroxylation is 1. The van der Waals surface area contributed by atoms with Gasteiger partial charge in [-0.3, -0.25) is 4.57 Å². The van der Waals surface area contributed by atoms with E-state index >= 15 is 0 Å². The molecule has 0 amide bonds. The Kier molecular flexibility index (Phi) is 4.02. The highest BCUT2D eigenvalue weighted by atomic mass is 35.5. The van der Waals surface area contributed by atoms with Gasteiger partial charge in [0.25, 0.3) is 0 Å². The number of ether oxygens (including phenoxy) is 1. The van der Waals surface area contributed by atoms with E-state index in [1.807, 2.05) is 30.3 Å². The molecule has 1 aromatic heterocycles. The second-order valence-corrected chi connectivity index (χ2v) is 5.36. The van der Waals surface area contributed by atoms with E-state index in [1.54, 1.807) is 42.2 Å². The standard InChI is InChI=1S/C17H15ClN2O2/c1-19-9-10-20(17(19)21)14-7-8-15(18)16(11-14)22-12-13-5-3-2-4-6-13/h2-11H,12H2,1H3. The molecule has 0 fully saturated rings. The molecule has 0 N–H and O–H groups in total. The molecule has 0 spiro atoms. The largest absolute Gasteiger partial charge is 0.487 e. The lowest BCUT2D eigenvalue weighted by Crippen LogP contribution is -2.20. The molecule has 3 rings (SSSR count). The molecule has 2 aromatic carbocycles. The first-order valence-corrected chi connectivity index (χ1v) is 7.23. The van der Waals surface area contributed by atoms with Crippen LogP contribution in [0.25, 0.3) is 5.69 Å². The van der Waals surface area contributed by atoms with Gasteiger partial charge in [0.05, 0.1) is 10.7 Å². The quantitative estimate of drug-likeness (QED) is 0.740. The zero-order valence-electron chi connectivity index (χ0n) is 12.1. The zero-order valence-corrected chi connectivity index (χ0v) is 12.8. The van der Waals surface area contributed by atoms with Crippen LogP contribution in [0.1, 0.15) is 5.56 Å². The SMILES string of the molecule is Cn1ccn(-c2ccc(Cl)c(OCc3ccccc3)c2)c1=O. The van der Waals surface area contributed by atoms with Gasteiger partial charge < -0.3 is 9.30 Å². The fourth-order valence-electron chi connectivity index (χ4n) is 2.15. The van der Waals surface area contributed by atoms with Crippen LogP contribution >= 0.6 is 11.6 Å². The summed E-state index contributed by atoms with van der Waals surface area (Å²) < 4.78 is 8.84. The van der Waals surface area contributed by atoms with Gasteiger partial charge in [-0.2, -0.15) is 0 Å². The monoisotopic (exact) mass is 314 g/mol. The minimum atomic E-state index is -0.115. The van der Waals surface area contributed by atoms with Crippen molar-refractivity contribution >= 4 is 11.6 Å². The van der Waals surface area contributed by atoms with Crippen molar-refractivity contribution in [2.24, 2.45) is 7.05 Å². The summed E-state index contributed by atoms with van der Waals surface area (Å²) in [4.78, 5) is 12.0. The predicted molar refractivity (Wildman–Crippen MR) is 86.8 cm³/mol. The van der Waals surface area contributed by atoms with Gasteiger partial charge in [-0.25, -0.2) is 4.79 Å². The maximum Gasteiger partial charge on any atom is 0.332 e. The van der Waals surface area contributed by atoms with Crippen molar-refractivity contribution in [1.82, 2.24) is 9.13 Å². The highest BCUT2D eigenvalue weighted by Crippen LogP contribution is 2.27. The summed E-state index contributed by atoms with van der Waals surface area (Å²) in [5.74, 6) is 0.554. The third-order valence-corrected chi connectivity index (χ3v) is 3.69. The van der Waals surface area contributed by atoms with Crippen molar-refractivity contribution < 1.29 is 4.74 Å². The lowest BCUT2D eigenvalue weighted by molar-refractivity contribution is 0.306. The number of hydrogen-bond donors (Lipinski definition) is 0. The first-order valence-electron chi connectivity index (χ1n) is 6.86. The summed E-state index contributed by atoms with van der Waals surface area (Å²) in [7, 11) is 1.71. The maximum atomic E-state index is 12.0. The molecule has 0 saturated carbocycles. The van der Waals surface area contributed by atoms with Crippen molar-refractivity contribution in [3.8, 4) is 11.4 Å². The van der Waals surface area contributed by atoms with E-state index in [9.17, 15) is 4.79 Å². The first kappa shape index (κ1) is 14.5. The molecule has 1 heterocycles. The van der Waals surface area contributed by atoms with Crippen LogP contribution in [0.2, 0.25) is 5.02 Å². The number of halogens is 1. The van der Waals surface area contributed by atoms with Gasteiger partial charge in [-0.15, -0.1) is 0 Å². The van der Waals surface area contributed by atoms with Gasteiger partial charge in [-0.05, 0) is 17.7 Å². The highest BCUT2D eigenvalue weighted by molar-refractivity contribution is 6.32. The first-order chi connectivity index (χ1) is 10.6. The van der Waals surface area contributed by atoms with E-state index in [4.69, 9.17) is 16.3 Å². The molecule has 4 nitrogen and oxygen atoms in total. The Bertz CT molecular complexity index is 837. The van der Waals surface area contributed by atoms with Crippen LogP contribution in [-0.2, 0) is 13.7 Å². The Labute approximate surface area is 133 Å². The number of imidazole rings is 1. The molecule has 5 heteroatoms. The average molecular weight is 315 g/mol. The van der Waals surface area contributed by atoms with Crippen molar-refractivity contribution in [2.45, 2.75) is 6.61 Å². The second-order valence-electron chi connectivity index (χ2n) is 4.95. The van der Waals surface area contributed by atoms with Crippen LogP contribution in [-0.4, -0.2) is 9.13 Å². The van der Waals surface area contributed by atoms with E-state index in [-0.39, 0.29) is 5.69 Å². The van der Waals surface area contributed by atoms with Gasteiger partial charge in [0.15, 0.2) is 0 Å². The van der Waals surface area contributed by atoms with Crippen LogP contribution in [0.15, 0.2) is 65.7 Å². The fourth-order valence-corrected chi connectivity index (χ4v) is 2.32. The Hall–Kier alpha value is -2.46. The van der Waals surface area contributed by atoms with Crippen molar-refractivity contribution in [2.75, 3.05) is 0 Å². The molecule has 3 aromatic rings. The fraction of sp³-hybridized carbons (Fsp3) is 0.118. The van der Waals surface area contributed by atoms with Gasteiger partial charge in [-0.1, -0.05) is 41.9 Å². The summed E-state index contributed by atoms with van der Waals surface area (Å²) in [6.45, 7) is 0.424. The molecule has 0 saturated heterocycles. The van der Waals surface area contributed by atoms with Crippen LogP contribution in [0.3, 0.4) is 0 Å². The molecule has 0 radical (unpaired) electrons. The molecular weight excluding hydrogens is 300 g/mol. The smallest absolute Gasteiger partial charge is 0.332 e. The summed E-state index contributed by atoms with van der Waals surface area (Å²) in [6.07, 6.45) is 3.42. The molecule has 0 atom stereocenters. The number of aromatic nitrogens is 2. The van der Waals surface area contributed by atoms with E-state index < -0.39 is 0 Å². The predicted octanol–water partition coefficient (Wildman–Crippen LogP) is 3.41. The number of hydrogen-bond acceptors (Lipinski definition) is 2. The van der Waals surface area contributed by atoms with Crippen molar-refractivity contribution in [3.63, 3.8) is 0 Å². The normalized spacial score (nSPS) is 10.6. The van der Waals surface area contributed by atoms with Crippen LogP contribution in [0.5, 0.6) is 5.75 Å². The minimum Gasteiger partial charge on any atom is -0.487 e. The number of benzene rings is 2. The third kappa shape index (κ3) is 2.92. The van der Waals surface area contributed by atoms with Gasteiger partial charge in [0.2, 0.25) is 0 Å². The molecule has 0 bridgehead atoms. The van der Waals surface area contributed by atoms with E-state index in [1.165, 1.54) is 4.57 Å². The van der Waals surface area contributed by atoms with Crippen molar-refractivity contribution in [1.29, 1.82) is 0 Å². The highest BCUT2D eigenvalue weighted by Gasteiger charge is 2.08. The van der Waals surface area contributed by atoms with Crippen molar-refractivity contribution in [3.05, 3.63) is 82.0 Å². The second kappa shape index (κ2) is 6.12. The molecule has 0 aliphatic rings. The molecule has 0 unspecified atom stereocenters. The third-order valence-electron chi connectivity index (χ3n) is 3.38. The lowest BCUT2D eigenvalue weighted by atomic mass is 10.2. The van der Waals surface area contributed by atoms with E-state index in [0.717, 1.165) is 11.3 Å².